The van der Waals surface area contributed by atoms with Crippen molar-refractivity contribution in [1.29, 1.82) is 0 Å². The summed E-state index contributed by atoms with van der Waals surface area (Å²) in [5, 5.41) is 0. The van der Waals surface area contributed by atoms with E-state index in [4.69, 9.17) is 5.73 Å². The Morgan fingerprint density at radius 2 is 2.25 bits per heavy atom. The van der Waals surface area contributed by atoms with Crippen molar-refractivity contribution in [2.24, 2.45) is 11.7 Å². The van der Waals surface area contributed by atoms with Gasteiger partial charge in [-0.3, -0.25) is 0 Å². The second kappa shape index (κ2) is 2.49. The third kappa shape index (κ3) is 1.22. The zero-order chi connectivity index (χ0) is 5.98. The fourth-order valence-electron chi connectivity index (χ4n) is 1.48. The fraction of sp³-hybridized carbons (Fsp3) is 1.00. The second-order valence-electron chi connectivity index (χ2n) is 2.85. The largest absolute Gasteiger partial charge is 0.328 e. The van der Waals surface area contributed by atoms with Gasteiger partial charge in [-0.1, -0.05) is 13.3 Å². The second-order valence-corrected chi connectivity index (χ2v) is 2.85. The van der Waals surface area contributed by atoms with Gasteiger partial charge >= 0.3 is 0 Å². The van der Waals surface area contributed by atoms with E-state index in [9.17, 15) is 0 Å². The highest BCUT2D eigenvalue weighted by Gasteiger charge is 2.19. The molecule has 0 bridgehead atoms. The Morgan fingerprint density at radius 1 is 1.50 bits per heavy atom. The Morgan fingerprint density at radius 3 is 2.50 bits per heavy atom. The van der Waals surface area contributed by atoms with Crippen LogP contribution in [0.4, 0.5) is 0 Å². The lowest BCUT2D eigenvalue weighted by Gasteiger charge is -2.02. The van der Waals surface area contributed by atoms with Gasteiger partial charge < -0.3 is 5.73 Å². The van der Waals surface area contributed by atoms with Gasteiger partial charge in [-0.2, -0.15) is 0 Å². The molecule has 0 amide bonds. The Hall–Kier alpha value is -0.0400. The van der Waals surface area contributed by atoms with Crippen LogP contribution < -0.4 is 5.73 Å². The lowest BCUT2D eigenvalue weighted by molar-refractivity contribution is 0.520. The first-order valence-corrected chi connectivity index (χ1v) is 3.58. The molecule has 1 aliphatic rings. The predicted octanol–water partition coefficient (Wildman–Crippen LogP) is 1.52. The first-order chi connectivity index (χ1) is 3.83. The Kier molecular flexibility index (Phi) is 1.90. The van der Waals surface area contributed by atoms with E-state index in [1.165, 1.54) is 25.7 Å². The highest BCUT2D eigenvalue weighted by Crippen LogP contribution is 2.25. The minimum atomic E-state index is 0.528. The fourth-order valence-corrected chi connectivity index (χ4v) is 1.48. The summed E-state index contributed by atoms with van der Waals surface area (Å²) in [6.07, 6.45) is 5.24. The molecule has 2 N–H and O–H groups in total. The van der Waals surface area contributed by atoms with Crippen molar-refractivity contribution in [3.63, 3.8) is 0 Å². The molecule has 48 valence electrons. The average molecular weight is 113 g/mol. The summed E-state index contributed by atoms with van der Waals surface area (Å²) in [4.78, 5) is 0. The summed E-state index contributed by atoms with van der Waals surface area (Å²) >= 11 is 0. The first kappa shape index (κ1) is 6.09. The van der Waals surface area contributed by atoms with Crippen LogP contribution in [-0.2, 0) is 0 Å². The van der Waals surface area contributed by atoms with Crippen molar-refractivity contribution >= 4 is 0 Å². The van der Waals surface area contributed by atoms with Gasteiger partial charge in [0.05, 0.1) is 0 Å². The van der Waals surface area contributed by atoms with Crippen molar-refractivity contribution in [3.8, 4) is 0 Å². The van der Waals surface area contributed by atoms with Gasteiger partial charge in [-0.05, 0) is 25.2 Å². The summed E-state index contributed by atoms with van der Waals surface area (Å²) in [7, 11) is 0. The summed E-state index contributed by atoms with van der Waals surface area (Å²) < 4.78 is 0. The molecular weight excluding hydrogens is 98.1 g/mol. The van der Waals surface area contributed by atoms with Gasteiger partial charge in [0.1, 0.15) is 0 Å². The lowest BCUT2D eigenvalue weighted by Crippen LogP contribution is -2.14. The topological polar surface area (TPSA) is 26.0 Å². The maximum absolute atomic E-state index is 5.70. The van der Waals surface area contributed by atoms with Crippen LogP contribution in [0.15, 0.2) is 0 Å². The number of nitrogens with two attached hydrogens (primary N) is 1. The molecule has 0 radical (unpaired) electrons. The van der Waals surface area contributed by atoms with Crippen LogP contribution in [0, 0.1) is 5.92 Å². The molecule has 8 heavy (non-hydrogen) atoms. The molecule has 0 aromatic carbocycles. The van der Waals surface area contributed by atoms with Gasteiger partial charge in [0, 0.05) is 6.04 Å². The van der Waals surface area contributed by atoms with E-state index in [2.05, 4.69) is 6.92 Å². The molecule has 0 aromatic heterocycles. The van der Waals surface area contributed by atoms with Crippen molar-refractivity contribution in [2.45, 2.75) is 38.6 Å². The molecule has 2 atom stereocenters. The van der Waals surface area contributed by atoms with Crippen LogP contribution in [0.1, 0.15) is 32.6 Å². The number of hydrogen-bond acceptors (Lipinski definition) is 1. The molecule has 1 fully saturated rings. The van der Waals surface area contributed by atoms with E-state index in [1.54, 1.807) is 0 Å². The van der Waals surface area contributed by atoms with E-state index >= 15 is 0 Å². The molecular formula is C7H15N. The van der Waals surface area contributed by atoms with Gasteiger partial charge in [0.15, 0.2) is 0 Å². The highest BCUT2D eigenvalue weighted by molar-refractivity contribution is 4.76. The van der Waals surface area contributed by atoms with E-state index in [0.717, 1.165) is 5.92 Å². The summed E-state index contributed by atoms with van der Waals surface area (Å²) in [6, 6.07) is 0.528. The minimum Gasteiger partial charge on any atom is -0.328 e. The maximum Gasteiger partial charge on any atom is 0.00415 e. The normalized spacial score (nSPS) is 38.2. The quantitative estimate of drug-likeness (QED) is 0.548. The Balaban J connectivity index is 2.22. The van der Waals surface area contributed by atoms with Crippen molar-refractivity contribution in [2.75, 3.05) is 0 Å². The molecule has 0 heterocycles. The predicted molar refractivity (Wildman–Crippen MR) is 35.6 cm³/mol. The monoisotopic (exact) mass is 113 g/mol. The SMILES string of the molecule is CCC1CC[C@H](N)C1. The van der Waals surface area contributed by atoms with Crippen LogP contribution in [0.3, 0.4) is 0 Å². The third-order valence-electron chi connectivity index (χ3n) is 2.16. The molecule has 1 aliphatic carbocycles. The molecule has 1 saturated carbocycles. The highest BCUT2D eigenvalue weighted by atomic mass is 14.6. The van der Waals surface area contributed by atoms with E-state index in [0.29, 0.717) is 6.04 Å². The van der Waals surface area contributed by atoms with E-state index in [1.807, 2.05) is 0 Å². The minimum absolute atomic E-state index is 0.528. The van der Waals surface area contributed by atoms with Crippen molar-refractivity contribution in [1.82, 2.24) is 0 Å². The first-order valence-electron chi connectivity index (χ1n) is 3.58. The van der Waals surface area contributed by atoms with Crippen LogP contribution in [0.2, 0.25) is 0 Å². The van der Waals surface area contributed by atoms with Crippen LogP contribution in [0.25, 0.3) is 0 Å². The van der Waals surface area contributed by atoms with Gasteiger partial charge in [-0.25, -0.2) is 0 Å². The molecule has 0 spiro atoms. The van der Waals surface area contributed by atoms with Gasteiger partial charge in [0.2, 0.25) is 0 Å². The number of hydrogen-bond donors (Lipinski definition) is 1. The smallest absolute Gasteiger partial charge is 0.00415 e. The molecule has 1 unspecified atom stereocenters. The molecule has 1 heteroatoms. The third-order valence-corrected chi connectivity index (χ3v) is 2.16. The van der Waals surface area contributed by atoms with Crippen molar-refractivity contribution in [3.05, 3.63) is 0 Å². The van der Waals surface area contributed by atoms with E-state index < -0.39 is 0 Å². The van der Waals surface area contributed by atoms with Gasteiger partial charge in [0.25, 0.3) is 0 Å². The van der Waals surface area contributed by atoms with Crippen molar-refractivity contribution < 1.29 is 0 Å². The molecule has 1 rings (SSSR count). The number of rotatable bonds is 1. The van der Waals surface area contributed by atoms with Crippen LogP contribution >= 0.6 is 0 Å². The summed E-state index contributed by atoms with van der Waals surface area (Å²) in [6.45, 7) is 2.25. The van der Waals surface area contributed by atoms with Crippen LogP contribution in [0.5, 0.6) is 0 Å². The summed E-state index contributed by atoms with van der Waals surface area (Å²) in [5.74, 6) is 0.949. The van der Waals surface area contributed by atoms with Gasteiger partial charge in [-0.15, -0.1) is 0 Å². The Bertz CT molecular complexity index is 70.8. The molecule has 1 nitrogen and oxygen atoms in total. The average Bonchev–Trinajstić information content (AvgIpc) is 2.14. The van der Waals surface area contributed by atoms with Crippen LogP contribution in [-0.4, -0.2) is 6.04 Å². The lowest BCUT2D eigenvalue weighted by atomic mass is 10.1. The standard InChI is InChI=1S/C7H15N/c1-2-6-3-4-7(8)5-6/h6-7H,2-5,8H2,1H3/t6?,7-/m0/s1. The molecule has 0 aromatic rings. The molecule has 0 aliphatic heterocycles. The maximum atomic E-state index is 5.70. The zero-order valence-electron chi connectivity index (χ0n) is 5.56. The molecule has 0 saturated heterocycles. The summed E-state index contributed by atoms with van der Waals surface area (Å²) in [5.41, 5.74) is 5.70. The zero-order valence-corrected chi connectivity index (χ0v) is 5.56. The van der Waals surface area contributed by atoms with E-state index in [-0.39, 0.29) is 0 Å². The Labute approximate surface area is 51.3 Å².